The molecule has 0 bridgehead atoms. The van der Waals surface area contributed by atoms with Gasteiger partial charge >= 0.3 is 0 Å². The van der Waals surface area contributed by atoms with Gasteiger partial charge in [0.15, 0.2) is 6.29 Å². The van der Waals surface area contributed by atoms with Gasteiger partial charge in [-0.3, -0.25) is 4.79 Å². The number of carbonyl (C=O) groups excluding carboxylic acids is 1. The molecule has 0 radical (unpaired) electrons. The summed E-state index contributed by atoms with van der Waals surface area (Å²) in [4.78, 5) is 9.96. The number of hydrogen-bond donors (Lipinski definition) is 0. The molecule has 0 spiro atoms. The van der Waals surface area contributed by atoms with Crippen LogP contribution in [0.3, 0.4) is 0 Å². The molecule has 0 atom stereocenters. The maximum absolute atomic E-state index is 9.96. The minimum absolute atomic E-state index is 0.611. The van der Waals surface area contributed by atoms with Crippen molar-refractivity contribution in [3.63, 3.8) is 0 Å². The average molecular weight is 222 g/mol. The Labute approximate surface area is 60.2 Å². The summed E-state index contributed by atoms with van der Waals surface area (Å²) in [6.45, 7) is 0. The zero-order valence-corrected chi connectivity index (χ0v) is 6.07. The first kappa shape index (κ1) is 5.74. The summed E-state index contributed by atoms with van der Waals surface area (Å²) in [6, 6.07) is 0. The highest BCUT2D eigenvalue weighted by Crippen LogP contribution is 1.95. The second-order valence-corrected chi connectivity index (χ2v) is 2.27. The summed E-state index contributed by atoms with van der Waals surface area (Å²) in [5.41, 5.74) is 0.611. The number of halogens is 1. The lowest BCUT2D eigenvalue weighted by Crippen LogP contribution is -1.73. The van der Waals surface area contributed by atoms with Crippen molar-refractivity contribution in [1.29, 1.82) is 0 Å². The third kappa shape index (κ3) is 1.06. The van der Waals surface area contributed by atoms with E-state index in [2.05, 4.69) is 5.10 Å². The molecule has 0 aliphatic rings. The van der Waals surface area contributed by atoms with E-state index in [1.807, 2.05) is 22.9 Å². The molecule has 4 heteroatoms. The Bertz CT molecular complexity index is 196. The standard InChI is InChI=1S/C4H3IN2O/c5-7-2-4(3-8)1-6-7/h1-3H. The zero-order chi connectivity index (χ0) is 5.98. The Morgan fingerprint density at radius 1 is 1.88 bits per heavy atom. The van der Waals surface area contributed by atoms with Crippen LogP contribution in [0.4, 0.5) is 0 Å². The summed E-state index contributed by atoms with van der Waals surface area (Å²) in [5, 5.41) is 3.76. The van der Waals surface area contributed by atoms with Crippen molar-refractivity contribution in [3.05, 3.63) is 18.0 Å². The van der Waals surface area contributed by atoms with E-state index < -0.39 is 0 Å². The normalized spacial score (nSPS) is 9.12. The predicted molar refractivity (Wildman–Crippen MR) is 37.0 cm³/mol. The highest BCUT2D eigenvalue weighted by Gasteiger charge is 1.89. The first-order valence-corrected chi connectivity index (χ1v) is 2.95. The lowest BCUT2D eigenvalue weighted by molar-refractivity contribution is 0.112. The van der Waals surface area contributed by atoms with Gasteiger partial charge in [-0.1, -0.05) is 0 Å². The lowest BCUT2D eigenvalue weighted by Gasteiger charge is -1.74. The molecule has 0 N–H and O–H groups in total. The maximum Gasteiger partial charge on any atom is 0.153 e. The molecule has 0 aromatic carbocycles. The van der Waals surface area contributed by atoms with Gasteiger partial charge < -0.3 is 0 Å². The van der Waals surface area contributed by atoms with E-state index in [0.29, 0.717) is 5.56 Å². The molecule has 1 aromatic rings. The van der Waals surface area contributed by atoms with Gasteiger partial charge in [-0.25, -0.2) is 2.90 Å². The number of nitrogens with zero attached hydrogens (tertiary/aromatic N) is 2. The van der Waals surface area contributed by atoms with E-state index in [9.17, 15) is 4.79 Å². The van der Waals surface area contributed by atoms with Crippen LogP contribution in [0.2, 0.25) is 0 Å². The van der Waals surface area contributed by atoms with E-state index in [1.54, 1.807) is 9.09 Å². The van der Waals surface area contributed by atoms with Gasteiger partial charge in [0, 0.05) is 6.20 Å². The van der Waals surface area contributed by atoms with Crippen LogP contribution in [0.25, 0.3) is 0 Å². The first-order valence-electron chi connectivity index (χ1n) is 1.99. The highest BCUT2D eigenvalue weighted by atomic mass is 127. The fourth-order valence-corrected chi connectivity index (χ4v) is 0.819. The predicted octanol–water partition coefficient (Wildman–Crippen LogP) is 0.894. The molecule has 42 valence electrons. The minimum Gasteiger partial charge on any atom is -0.298 e. The van der Waals surface area contributed by atoms with Crippen LogP contribution in [0, 0.1) is 0 Å². The quantitative estimate of drug-likeness (QED) is 0.522. The summed E-state index contributed by atoms with van der Waals surface area (Å²) in [5.74, 6) is 0. The summed E-state index contributed by atoms with van der Waals surface area (Å²) >= 11 is 1.97. The zero-order valence-electron chi connectivity index (χ0n) is 3.91. The number of rotatable bonds is 1. The second-order valence-electron chi connectivity index (χ2n) is 1.28. The van der Waals surface area contributed by atoms with Crippen molar-refractivity contribution in [2.75, 3.05) is 0 Å². The van der Waals surface area contributed by atoms with Crippen LogP contribution in [0.15, 0.2) is 12.4 Å². The van der Waals surface area contributed by atoms with Crippen LogP contribution in [-0.4, -0.2) is 14.3 Å². The smallest absolute Gasteiger partial charge is 0.153 e. The molecule has 0 fully saturated rings. The Balaban J connectivity index is 3.00. The molecule has 0 aliphatic heterocycles. The lowest BCUT2D eigenvalue weighted by atomic mass is 10.4. The Kier molecular flexibility index (Phi) is 1.62. The van der Waals surface area contributed by atoms with Gasteiger partial charge in [0.2, 0.25) is 0 Å². The number of aromatic nitrogens is 2. The molecule has 0 aliphatic carbocycles. The maximum atomic E-state index is 9.96. The molecule has 1 heterocycles. The molecule has 0 saturated carbocycles. The molecule has 1 aromatic heterocycles. The molecule has 3 nitrogen and oxygen atoms in total. The van der Waals surface area contributed by atoms with Gasteiger partial charge in [0.25, 0.3) is 0 Å². The van der Waals surface area contributed by atoms with Crippen LogP contribution < -0.4 is 0 Å². The topological polar surface area (TPSA) is 34.9 Å². The fraction of sp³-hybridized carbons (Fsp3) is 0. The first-order chi connectivity index (χ1) is 3.83. The third-order valence-corrected chi connectivity index (χ3v) is 1.24. The van der Waals surface area contributed by atoms with Crippen molar-refractivity contribution in [2.24, 2.45) is 0 Å². The number of carbonyl (C=O) groups is 1. The molecular formula is C4H3IN2O. The van der Waals surface area contributed by atoms with Crippen LogP contribution >= 0.6 is 22.9 Å². The van der Waals surface area contributed by atoms with Crippen molar-refractivity contribution in [2.45, 2.75) is 0 Å². The van der Waals surface area contributed by atoms with E-state index >= 15 is 0 Å². The minimum atomic E-state index is 0.611. The molecule has 0 saturated heterocycles. The number of aldehydes is 1. The summed E-state index contributed by atoms with van der Waals surface area (Å²) < 4.78 is 1.56. The van der Waals surface area contributed by atoms with Crippen molar-refractivity contribution in [1.82, 2.24) is 7.99 Å². The Hall–Kier alpha value is -0.390. The summed E-state index contributed by atoms with van der Waals surface area (Å²) in [6.07, 6.45) is 3.93. The van der Waals surface area contributed by atoms with Crippen molar-refractivity contribution < 1.29 is 4.79 Å². The SMILES string of the molecule is O=Cc1cnn(I)c1. The molecule has 1 rings (SSSR count). The fourth-order valence-electron chi connectivity index (χ4n) is 0.372. The van der Waals surface area contributed by atoms with Crippen LogP contribution in [-0.2, 0) is 0 Å². The van der Waals surface area contributed by atoms with E-state index in [0.717, 1.165) is 6.29 Å². The number of hydrogen-bond acceptors (Lipinski definition) is 2. The van der Waals surface area contributed by atoms with Gasteiger partial charge in [-0.2, -0.15) is 5.10 Å². The molecule has 0 amide bonds. The van der Waals surface area contributed by atoms with Crippen LogP contribution in [0.5, 0.6) is 0 Å². The molecule has 0 unspecified atom stereocenters. The highest BCUT2D eigenvalue weighted by molar-refractivity contribution is 14.1. The largest absolute Gasteiger partial charge is 0.298 e. The Morgan fingerprint density at radius 2 is 2.62 bits per heavy atom. The van der Waals surface area contributed by atoms with Crippen LogP contribution in [0.1, 0.15) is 10.4 Å². The third-order valence-electron chi connectivity index (χ3n) is 0.709. The van der Waals surface area contributed by atoms with Gasteiger partial charge in [-0.05, 0) is 0 Å². The summed E-state index contributed by atoms with van der Waals surface area (Å²) in [7, 11) is 0. The monoisotopic (exact) mass is 222 g/mol. The van der Waals surface area contributed by atoms with Gasteiger partial charge in [0.05, 0.1) is 34.6 Å². The van der Waals surface area contributed by atoms with E-state index in [-0.39, 0.29) is 0 Å². The Morgan fingerprint density at radius 3 is 2.88 bits per heavy atom. The van der Waals surface area contributed by atoms with Gasteiger partial charge in [-0.15, -0.1) is 0 Å². The average Bonchev–Trinajstić information content (AvgIpc) is 2.14. The van der Waals surface area contributed by atoms with Gasteiger partial charge in [0.1, 0.15) is 0 Å². The molecule has 8 heavy (non-hydrogen) atoms. The molecular weight excluding hydrogens is 219 g/mol. The van der Waals surface area contributed by atoms with E-state index in [1.165, 1.54) is 6.20 Å². The second kappa shape index (κ2) is 2.25. The van der Waals surface area contributed by atoms with Crippen molar-refractivity contribution >= 4 is 29.2 Å². The van der Waals surface area contributed by atoms with E-state index in [4.69, 9.17) is 0 Å². The van der Waals surface area contributed by atoms with Crippen molar-refractivity contribution in [3.8, 4) is 0 Å².